The third kappa shape index (κ3) is 16.1. The van der Waals surface area contributed by atoms with Crippen LogP contribution < -0.4 is 0 Å². The molecule has 0 saturated heterocycles. The first-order valence-electron chi connectivity index (χ1n) is 10.1. The molecule has 0 atom stereocenters. The fourth-order valence-corrected chi connectivity index (χ4v) is 2.81. The molecule has 0 aromatic carbocycles. The van der Waals surface area contributed by atoms with Gasteiger partial charge in [-0.15, -0.1) is 0 Å². The van der Waals surface area contributed by atoms with Crippen molar-refractivity contribution in [2.24, 2.45) is 0 Å². The summed E-state index contributed by atoms with van der Waals surface area (Å²) in [6.07, 6.45) is 15.1. The maximum absolute atomic E-state index is 11.6. The van der Waals surface area contributed by atoms with Crippen LogP contribution >= 0.6 is 0 Å². The maximum atomic E-state index is 11.6. The Morgan fingerprint density at radius 3 is 1.70 bits per heavy atom. The van der Waals surface area contributed by atoms with Crippen LogP contribution in [0.15, 0.2) is 0 Å². The van der Waals surface area contributed by atoms with Crippen LogP contribution in [0.3, 0.4) is 0 Å². The first-order chi connectivity index (χ1) is 11.2. The molecule has 3 nitrogen and oxygen atoms in total. The molecule has 0 bridgehead atoms. The summed E-state index contributed by atoms with van der Waals surface area (Å²) in [5, 5.41) is 0. The van der Waals surface area contributed by atoms with E-state index >= 15 is 0 Å². The average Bonchev–Trinajstić information content (AvgIpc) is 2.56. The molecule has 0 unspecified atom stereocenters. The smallest absolute Gasteiger partial charge is 0.307 e. The summed E-state index contributed by atoms with van der Waals surface area (Å²) in [5.41, 5.74) is 0. The second kappa shape index (κ2) is 17.8. The largest absolute Gasteiger partial charge is 0.466 e. The van der Waals surface area contributed by atoms with Crippen LogP contribution in [0, 0.1) is 0 Å². The van der Waals surface area contributed by atoms with E-state index in [9.17, 15) is 4.79 Å². The summed E-state index contributed by atoms with van der Waals surface area (Å²) in [5.74, 6) is -0.0380. The van der Waals surface area contributed by atoms with Crippen molar-refractivity contribution < 1.29 is 9.53 Å². The van der Waals surface area contributed by atoms with E-state index in [0.29, 0.717) is 13.0 Å². The van der Waals surface area contributed by atoms with Crippen molar-refractivity contribution in [3.8, 4) is 0 Å². The van der Waals surface area contributed by atoms with Crippen LogP contribution in [0.1, 0.15) is 97.8 Å². The van der Waals surface area contributed by atoms with Gasteiger partial charge in [0.25, 0.3) is 0 Å². The van der Waals surface area contributed by atoms with E-state index in [0.717, 1.165) is 26.1 Å². The lowest BCUT2D eigenvalue weighted by atomic mass is 10.1. The molecule has 0 saturated carbocycles. The van der Waals surface area contributed by atoms with Gasteiger partial charge >= 0.3 is 5.97 Å². The molecular weight excluding hydrogens is 286 g/mol. The minimum Gasteiger partial charge on any atom is -0.466 e. The second-order valence-corrected chi connectivity index (χ2v) is 6.53. The first kappa shape index (κ1) is 22.4. The molecule has 0 radical (unpaired) electrons. The molecule has 23 heavy (non-hydrogen) atoms. The highest BCUT2D eigenvalue weighted by molar-refractivity contribution is 5.69. The zero-order valence-corrected chi connectivity index (χ0v) is 16.1. The molecule has 0 heterocycles. The number of esters is 1. The lowest BCUT2D eigenvalue weighted by molar-refractivity contribution is -0.144. The molecular formula is C20H41NO2. The minimum absolute atomic E-state index is 0.0380. The molecule has 0 aromatic heterocycles. The van der Waals surface area contributed by atoms with Gasteiger partial charge in [0.05, 0.1) is 13.0 Å². The van der Waals surface area contributed by atoms with Gasteiger partial charge in [-0.3, -0.25) is 4.79 Å². The third-order valence-electron chi connectivity index (χ3n) is 4.54. The number of unbranched alkanes of at least 4 members (excludes halogenated alkanes) is 10. The highest BCUT2D eigenvalue weighted by Gasteiger charge is 2.05. The lowest BCUT2D eigenvalue weighted by Crippen LogP contribution is -2.26. The van der Waals surface area contributed by atoms with E-state index in [1.807, 2.05) is 0 Å². The van der Waals surface area contributed by atoms with Crippen molar-refractivity contribution in [1.29, 1.82) is 0 Å². The maximum Gasteiger partial charge on any atom is 0.307 e. The van der Waals surface area contributed by atoms with E-state index in [4.69, 9.17) is 4.74 Å². The predicted molar refractivity (Wildman–Crippen MR) is 99.8 cm³/mol. The zero-order valence-electron chi connectivity index (χ0n) is 16.1. The van der Waals surface area contributed by atoms with Crippen molar-refractivity contribution in [1.82, 2.24) is 4.90 Å². The second-order valence-electron chi connectivity index (χ2n) is 6.53. The molecule has 0 aromatic rings. The minimum atomic E-state index is -0.0380. The third-order valence-corrected chi connectivity index (χ3v) is 4.54. The topological polar surface area (TPSA) is 29.5 Å². The summed E-state index contributed by atoms with van der Waals surface area (Å²) in [6.45, 7) is 9.95. The molecule has 0 aliphatic carbocycles. The van der Waals surface area contributed by atoms with Crippen LogP contribution in [0.4, 0.5) is 0 Å². The van der Waals surface area contributed by atoms with E-state index in [1.165, 1.54) is 64.2 Å². The molecule has 0 aliphatic heterocycles. The Bertz CT molecular complexity index is 252. The summed E-state index contributed by atoms with van der Waals surface area (Å²) < 4.78 is 5.30. The normalized spacial score (nSPS) is 11.1. The molecule has 0 N–H and O–H groups in total. The molecule has 0 aliphatic rings. The van der Waals surface area contributed by atoms with Gasteiger partial charge in [-0.1, -0.05) is 85.0 Å². The van der Waals surface area contributed by atoms with Gasteiger partial charge in [-0.25, -0.2) is 0 Å². The van der Waals surface area contributed by atoms with Crippen molar-refractivity contribution in [3.05, 3.63) is 0 Å². The highest BCUT2D eigenvalue weighted by Crippen LogP contribution is 2.11. The first-order valence-corrected chi connectivity index (χ1v) is 10.1. The van der Waals surface area contributed by atoms with Gasteiger partial charge in [-0.05, 0) is 19.5 Å². The number of ether oxygens (including phenoxy) is 1. The zero-order chi connectivity index (χ0) is 17.2. The standard InChI is InChI=1S/C20H41NO2/c1-4-7-8-9-10-11-12-13-14-15-16-19-23-20(22)17-18-21(5-2)6-3/h4-19H2,1-3H3. The Hall–Kier alpha value is -0.570. The Morgan fingerprint density at radius 1 is 0.739 bits per heavy atom. The quantitative estimate of drug-likeness (QED) is 0.258. The van der Waals surface area contributed by atoms with E-state index in [2.05, 4.69) is 25.7 Å². The SMILES string of the molecule is CCCCCCCCCCCCCOC(=O)CCN(CC)CC. The summed E-state index contributed by atoms with van der Waals surface area (Å²) in [4.78, 5) is 13.9. The number of hydrogen-bond acceptors (Lipinski definition) is 3. The van der Waals surface area contributed by atoms with Gasteiger partial charge in [0.15, 0.2) is 0 Å². The molecule has 0 fully saturated rings. The molecule has 0 spiro atoms. The van der Waals surface area contributed by atoms with Gasteiger partial charge in [0.2, 0.25) is 0 Å². The number of nitrogens with zero attached hydrogens (tertiary/aromatic N) is 1. The van der Waals surface area contributed by atoms with E-state index in [1.54, 1.807) is 0 Å². The van der Waals surface area contributed by atoms with Crippen LogP contribution in [0.2, 0.25) is 0 Å². The number of hydrogen-bond donors (Lipinski definition) is 0. The molecule has 0 rings (SSSR count). The Morgan fingerprint density at radius 2 is 1.22 bits per heavy atom. The Labute approximate surface area is 145 Å². The van der Waals surface area contributed by atoms with E-state index in [-0.39, 0.29) is 5.97 Å². The van der Waals surface area contributed by atoms with Crippen LogP contribution in [0.25, 0.3) is 0 Å². The van der Waals surface area contributed by atoms with Crippen LogP contribution in [-0.2, 0) is 9.53 Å². The van der Waals surface area contributed by atoms with Gasteiger partial charge in [0.1, 0.15) is 0 Å². The van der Waals surface area contributed by atoms with Crippen molar-refractivity contribution in [2.45, 2.75) is 97.8 Å². The number of carbonyl (C=O) groups is 1. The number of rotatable bonds is 17. The summed E-state index contributed by atoms with van der Waals surface area (Å²) in [6, 6.07) is 0. The monoisotopic (exact) mass is 327 g/mol. The van der Waals surface area contributed by atoms with Gasteiger partial charge in [0, 0.05) is 6.54 Å². The molecule has 0 amide bonds. The van der Waals surface area contributed by atoms with Crippen LogP contribution in [-0.4, -0.2) is 37.1 Å². The lowest BCUT2D eigenvalue weighted by Gasteiger charge is -2.16. The molecule has 138 valence electrons. The Kier molecular flexibility index (Phi) is 17.3. The predicted octanol–water partition coefficient (Wildman–Crippen LogP) is 5.57. The molecule has 3 heteroatoms. The number of carbonyl (C=O) groups excluding carboxylic acids is 1. The van der Waals surface area contributed by atoms with Gasteiger partial charge < -0.3 is 9.64 Å². The van der Waals surface area contributed by atoms with Crippen molar-refractivity contribution in [3.63, 3.8) is 0 Å². The van der Waals surface area contributed by atoms with E-state index < -0.39 is 0 Å². The van der Waals surface area contributed by atoms with Crippen LogP contribution in [0.5, 0.6) is 0 Å². The average molecular weight is 328 g/mol. The van der Waals surface area contributed by atoms with Crippen molar-refractivity contribution in [2.75, 3.05) is 26.2 Å². The highest BCUT2D eigenvalue weighted by atomic mass is 16.5. The summed E-state index contributed by atoms with van der Waals surface area (Å²) >= 11 is 0. The summed E-state index contributed by atoms with van der Waals surface area (Å²) in [7, 11) is 0. The Balaban J connectivity index is 3.22. The fourth-order valence-electron chi connectivity index (χ4n) is 2.81. The fraction of sp³-hybridized carbons (Fsp3) is 0.950. The van der Waals surface area contributed by atoms with Gasteiger partial charge in [-0.2, -0.15) is 0 Å². The van der Waals surface area contributed by atoms with Crippen molar-refractivity contribution >= 4 is 5.97 Å².